The van der Waals surface area contributed by atoms with Crippen molar-refractivity contribution in [1.82, 2.24) is 15.6 Å². The lowest BCUT2D eigenvalue weighted by Crippen LogP contribution is -2.38. The van der Waals surface area contributed by atoms with Crippen molar-refractivity contribution in [2.45, 2.75) is 33.7 Å². The molecular weight excluding hydrogens is 431 g/mol. The van der Waals surface area contributed by atoms with E-state index in [0.717, 1.165) is 41.7 Å². The van der Waals surface area contributed by atoms with Crippen molar-refractivity contribution in [1.29, 1.82) is 0 Å². The molecule has 4 nitrogen and oxygen atoms in total. The molecule has 0 saturated heterocycles. The Morgan fingerprint density at radius 2 is 1.96 bits per heavy atom. The lowest BCUT2D eigenvalue weighted by molar-refractivity contribution is 0.573. The molecule has 0 aliphatic carbocycles. The minimum Gasteiger partial charge on any atom is -0.357 e. The van der Waals surface area contributed by atoms with E-state index in [4.69, 9.17) is 0 Å². The molecule has 0 radical (unpaired) electrons. The van der Waals surface area contributed by atoms with Crippen LogP contribution < -0.4 is 10.6 Å². The lowest BCUT2D eigenvalue weighted by Gasteiger charge is -2.11. The first-order valence-corrected chi connectivity index (χ1v) is 9.09. The number of halogens is 1. The van der Waals surface area contributed by atoms with Crippen molar-refractivity contribution in [2.24, 2.45) is 10.9 Å². The fourth-order valence-electron chi connectivity index (χ4n) is 2.07. The molecule has 0 fully saturated rings. The number of aromatic nitrogens is 1. The predicted molar refractivity (Wildman–Crippen MR) is 115 cm³/mol. The SMILES string of the molecule is CCNC(=NCc1csc(-c2ccccc2)n1)NCCC(C)C.I. The summed E-state index contributed by atoms with van der Waals surface area (Å²) in [6, 6.07) is 10.3. The molecule has 0 atom stereocenters. The molecule has 0 saturated carbocycles. The zero-order valence-corrected chi connectivity index (χ0v) is 17.7. The summed E-state index contributed by atoms with van der Waals surface area (Å²) < 4.78 is 0. The van der Waals surface area contributed by atoms with E-state index in [1.54, 1.807) is 11.3 Å². The third kappa shape index (κ3) is 7.17. The smallest absolute Gasteiger partial charge is 0.191 e. The van der Waals surface area contributed by atoms with Crippen LogP contribution in [0.4, 0.5) is 0 Å². The Labute approximate surface area is 166 Å². The van der Waals surface area contributed by atoms with E-state index in [9.17, 15) is 0 Å². The van der Waals surface area contributed by atoms with Crippen molar-refractivity contribution in [2.75, 3.05) is 13.1 Å². The predicted octanol–water partition coefficient (Wildman–Crippen LogP) is 4.53. The number of hydrogen-bond donors (Lipinski definition) is 2. The highest BCUT2D eigenvalue weighted by atomic mass is 127. The zero-order valence-electron chi connectivity index (χ0n) is 14.6. The quantitative estimate of drug-likeness (QED) is 0.364. The van der Waals surface area contributed by atoms with Gasteiger partial charge in [-0.1, -0.05) is 44.2 Å². The molecule has 1 aromatic heterocycles. The molecule has 0 spiro atoms. The van der Waals surface area contributed by atoms with Gasteiger partial charge < -0.3 is 10.6 Å². The molecule has 24 heavy (non-hydrogen) atoms. The largest absolute Gasteiger partial charge is 0.357 e. The first kappa shape index (κ1) is 20.9. The maximum atomic E-state index is 4.68. The molecule has 1 heterocycles. The van der Waals surface area contributed by atoms with Crippen LogP contribution in [0.15, 0.2) is 40.7 Å². The third-order valence-corrected chi connectivity index (χ3v) is 4.27. The molecule has 0 unspecified atom stereocenters. The van der Waals surface area contributed by atoms with Gasteiger partial charge in [-0.2, -0.15) is 0 Å². The Morgan fingerprint density at radius 3 is 2.62 bits per heavy atom. The lowest BCUT2D eigenvalue weighted by atomic mass is 10.1. The Kier molecular flexibility index (Phi) is 9.94. The van der Waals surface area contributed by atoms with Crippen LogP contribution in [-0.4, -0.2) is 24.0 Å². The number of benzene rings is 1. The van der Waals surface area contributed by atoms with E-state index >= 15 is 0 Å². The molecule has 2 aromatic rings. The summed E-state index contributed by atoms with van der Waals surface area (Å²) in [5.74, 6) is 1.56. The average Bonchev–Trinajstić information content (AvgIpc) is 3.02. The summed E-state index contributed by atoms with van der Waals surface area (Å²) >= 11 is 1.67. The van der Waals surface area contributed by atoms with Gasteiger partial charge in [0.15, 0.2) is 5.96 Å². The monoisotopic (exact) mass is 458 g/mol. The van der Waals surface area contributed by atoms with Crippen LogP contribution in [0.2, 0.25) is 0 Å². The van der Waals surface area contributed by atoms with Gasteiger partial charge in [0.05, 0.1) is 12.2 Å². The van der Waals surface area contributed by atoms with Crippen molar-refractivity contribution < 1.29 is 0 Å². The number of guanidine groups is 1. The van der Waals surface area contributed by atoms with Gasteiger partial charge in [0.25, 0.3) is 0 Å². The fraction of sp³-hybridized carbons (Fsp3) is 0.444. The second kappa shape index (κ2) is 11.4. The highest BCUT2D eigenvalue weighted by Crippen LogP contribution is 2.23. The van der Waals surface area contributed by atoms with Gasteiger partial charge in [-0.25, -0.2) is 9.98 Å². The number of thiazole rings is 1. The minimum absolute atomic E-state index is 0. The molecule has 6 heteroatoms. The van der Waals surface area contributed by atoms with E-state index in [0.29, 0.717) is 12.5 Å². The normalized spacial score (nSPS) is 11.2. The summed E-state index contributed by atoms with van der Waals surface area (Å²) in [7, 11) is 0. The molecule has 1 aromatic carbocycles. The van der Waals surface area contributed by atoms with Crippen molar-refractivity contribution in [3.63, 3.8) is 0 Å². The Balaban J connectivity index is 0.00000288. The fourth-order valence-corrected chi connectivity index (χ4v) is 2.89. The van der Waals surface area contributed by atoms with Crippen LogP contribution >= 0.6 is 35.3 Å². The van der Waals surface area contributed by atoms with E-state index in [1.165, 1.54) is 0 Å². The van der Waals surface area contributed by atoms with Crippen LogP contribution in [0, 0.1) is 5.92 Å². The number of nitrogens with zero attached hydrogens (tertiary/aromatic N) is 2. The first-order chi connectivity index (χ1) is 11.2. The summed E-state index contributed by atoms with van der Waals surface area (Å²) in [4.78, 5) is 9.30. The molecule has 0 bridgehead atoms. The van der Waals surface area contributed by atoms with Gasteiger partial charge in [-0.05, 0) is 19.3 Å². The molecular formula is C18H27IN4S. The number of rotatable bonds is 7. The summed E-state index contributed by atoms with van der Waals surface area (Å²) in [5, 5.41) is 9.79. The van der Waals surface area contributed by atoms with E-state index in [2.05, 4.69) is 58.9 Å². The highest BCUT2D eigenvalue weighted by molar-refractivity contribution is 14.0. The first-order valence-electron chi connectivity index (χ1n) is 8.21. The molecule has 0 amide bonds. The molecule has 0 aliphatic rings. The van der Waals surface area contributed by atoms with Gasteiger partial charge in [-0.15, -0.1) is 35.3 Å². The zero-order chi connectivity index (χ0) is 16.5. The van der Waals surface area contributed by atoms with E-state index in [-0.39, 0.29) is 24.0 Å². The Hall–Kier alpha value is -1.15. The van der Waals surface area contributed by atoms with Gasteiger partial charge in [0.2, 0.25) is 0 Å². The molecule has 0 aliphatic heterocycles. The van der Waals surface area contributed by atoms with Crippen molar-refractivity contribution in [3.05, 3.63) is 41.4 Å². The van der Waals surface area contributed by atoms with Gasteiger partial charge in [0, 0.05) is 24.0 Å². The van der Waals surface area contributed by atoms with Gasteiger partial charge in [0.1, 0.15) is 5.01 Å². The minimum atomic E-state index is 0. The summed E-state index contributed by atoms with van der Waals surface area (Å²) in [5.41, 5.74) is 2.17. The standard InChI is InChI=1S/C18H26N4S.HI/c1-4-19-18(20-11-10-14(2)3)21-12-16-13-23-17(22-16)15-8-6-5-7-9-15;/h5-9,13-14H,4,10-12H2,1-3H3,(H2,19,20,21);1H. The third-order valence-electron chi connectivity index (χ3n) is 3.33. The molecule has 2 N–H and O–H groups in total. The average molecular weight is 458 g/mol. The van der Waals surface area contributed by atoms with E-state index in [1.807, 2.05) is 18.2 Å². The van der Waals surface area contributed by atoms with Crippen LogP contribution in [0.1, 0.15) is 32.9 Å². The Bertz CT molecular complexity index is 610. The van der Waals surface area contributed by atoms with Crippen LogP contribution in [0.25, 0.3) is 10.6 Å². The van der Waals surface area contributed by atoms with Crippen LogP contribution in [0.5, 0.6) is 0 Å². The molecule has 132 valence electrons. The van der Waals surface area contributed by atoms with Crippen LogP contribution in [0.3, 0.4) is 0 Å². The van der Waals surface area contributed by atoms with Crippen molar-refractivity contribution >= 4 is 41.3 Å². The maximum absolute atomic E-state index is 4.68. The second-order valence-corrected chi connectivity index (χ2v) is 6.67. The van der Waals surface area contributed by atoms with Crippen molar-refractivity contribution in [3.8, 4) is 10.6 Å². The summed E-state index contributed by atoms with van der Waals surface area (Å²) in [6.07, 6.45) is 1.14. The van der Waals surface area contributed by atoms with Gasteiger partial charge >= 0.3 is 0 Å². The second-order valence-electron chi connectivity index (χ2n) is 5.81. The summed E-state index contributed by atoms with van der Waals surface area (Å²) in [6.45, 7) is 8.93. The van der Waals surface area contributed by atoms with Gasteiger partial charge in [-0.3, -0.25) is 0 Å². The molecule has 2 rings (SSSR count). The maximum Gasteiger partial charge on any atom is 0.191 e. The van der Waals surface area contributed by atoms with E-state index < -0.39 is 0 Å². The number of hydrogen-bond acceptors (Lipinski definition) is 3. The number of nitrogens with one attached hydrogen (secondary N) is 2. The highest BCUT2D eigenvalue weighted by Gasteiger charge is 2.04. The Morgan fingerprint density at radius 1 is 1.21 bits per heavy atom. The topological polar surface area (TPSA) is 49.3 Å². The number of aliphatic imine (C=N–C) groups is 1. The van der Waals surface area contributed by atoms with Crippen LogP contribution in [-0.2, 0) is 6.54 Å².